The minimum atomic E-state index is -0.395. The lowest BCUT2D eigenvalue weighted by atomic mass is 10.1. The number of carbonyl (C=O) groups is 1. The Bertz CT molecular complexity index is 900. The average Bonchev–Trinajstić information content (AvgIpc) is 3.30. The summed E-state index contributed by atoms with van der Waals surface area (Å²) in [6, 6.07) is 5.45. The number of fused-ring (bicyclic) bond motifs is 1. The van der Waals surface area contributed by atoms with Gasteiger partial charge < -0.3 is 19.0 Å². The van der Waals surface area contributed by atoms with Crippen LogP contribution in [0.3, 0.4) is 0 Å². The molecule has 0 radical (unpaired) electrons. The van der Waals surface area contributed by atoms with E-state index < -0.39 is 6.10 Å². The molecule has 4 rings (SSSR count). The van der Waals surface area contributed by atoms with Crippen molar-refractivity contribution in [2.24, 2.45) is 0 Å². The molecule has 0 aliphatic carbocycles. The first kappa shape index (κ1) is 15.8. The SMILES string of the molecule is CC(C)c1nnc(C2CN(C(=O)c3ccc4nc[nH]c4c3)CCO2)o1. The fraction of sp³-hybridized carbons (Fsp3) is 0.412. The number of hydrogen-bond acceptors (Lipinski definition) is 6. The topological polar surface area (TPSA) is 97.1 Å². The van der Waals surface area contributed by atoms with Crippen LogP contribution in [0.15, 0.2) is 28.9 Å². The van der Waals surface area contributed by atoms with E-state index >= 15 is 0 Å². The highest BCUT2D eigenvalue weighted by atomic mass is 16.5. The fourth-order valence-electron chi connectivity index (χ4n) is 2.84. The van der Waals surface area contributed by atoms with Crippen molar-refractivity contribution in [1.29, 1.82) is 0 Å². The number of amides is 1. The Morgan fingerprint density at radius 3 is 3.04 bits per heavy atom. The molecule has 0 bridgehead atoms. The number of benzene rings is 1. The Labute approximate surface area is 144 Å². The normalized spacial score (nSPS) is 18.2. The second kappa shape index (κ2) is 6.29. The highest BCUT2D eigenvalue weighted by Gasteiger charge is 2.30. The van der Waals surface area contributed by atoms with E-state index in [9.17, 15) is 4.79 Å². The quantitative estimate of drug-likeness (QED) is 0.785. The summed E-state index contributed by atoms with van der Waals surface area (Å²) in [6.07, 6.45) is 1.22. The van der Waals surface area contributed by atoms with E-state index in [1.54, 1.807) is 17.3 Å². The van der Waals surface area contributed by atoms with E-state index in [4.69, 9.17) is 9.15 Å². The molecule has 1 unspecified atom stereocenters. The van der Waals surface area contributed by atoms with E-state index in [1.165, 1.54) is 0 Å². The molecule has 1 N–H and O–H groups in total. The van der Waals surface area contributed by atoms with Gasteiger partial charge in [0.1, 0.15) is 0 Å². The summed E-state index contributed by atoms with van der Waals surface area (Å²) in [4.78, 5) is 21.8. The summed E-state index contributed by atoms with van der Waals surface area (Å²) >= 11 is 0. The monoisotopic (exact) mass is 341 g/mol. The molecular formula is C17H19N5O3. The molecule has 3 heterocycles. The number of morpholine rings is 1. The molecule has 2 aromatic heterocycles. The summed E-state index contributed by atoms with van der Waals surface area (Å²) in [5, 5.41) is 8.10. The van der Waals surface area contributed by atoms with E-state index in [1.807, 2.05) is 26.0 Å². The zero-order valence-corrected chi connectivity index (χ0v) is 14.1. The van der Waals surface area contributed by atoms with Gasteiger partial charge in [0.05, 0.1) is 30.5 Å². The van der Waals surface area contributed by atoms with Crippen LogP contribution in [0.2, 0.25) is 0 Å². The lowest BCUT2D eigenvalue weighted by Gasteiger charge is -2.31. The molecule has 25 heavy (non-hydrogen) atoms. The largest absolute Gasteiger partial charge is 0.422 e. The number of aromatic nitrogens is 4. The van der Waals surface area contributed by atoms with Crippen molar-refractivity contribution < 1.29 is 13.9 Å². The highest BCUT2D eigenvalue weighted by molar-refractivity contribution is 5.97. The predicted molar refractivity (Wildman–Crippen MR) is 89.1 cm³/mol. The summed E-state index contributed by atoms with van der Waals surface area (Å²) in [7, 11) is 0. The lowest BCUT2D eigenvalue weighted by molar-refractivity contribution is -0.0351. The van der Waals surface area contributed by atoms with Crippen LogP contribution in [0.1, 0.15) is 48.0 Å². The number of hydrogen-bond donors (Lipinski definition) is 1. The molecule has 8 heteroatoms. The Morgan fingerprint density at radius 2 is 2.24 bits per heavy atom. The summed E-state index contributed by atoms with van der Waals surface area (Å²) in [5.41, 5.74) is 2.29. The smallest absolute Gasteiger partial charge is 0.254 e. The number of ether oxygens (including phenoxy) is 1. The molecule has 1 aliphatic rings. The van der Waals surface area contributed by atoms with Crippen LogP contribution in [0, 0.1) is 0 Å². The minimum Gasteiger partial charge on any atom is -0.422 e. The number of aromatic amines is 1. The van der Waals surface area contributed by atoms with Gasteiger partial charge in [-0.1, -0.05) is 13.8 Å². The van der Waals surface area contributed by atoms with E-state index in [2.05, 4.69) is 20.2 Å². The van der Waals surface area contributed by atoms with Crippen LogP contribution < -0.4 is 0 Å². The van der Waals surface area contributed by atoms with E-state index in [0.717, 1.165) is 11.0 Å². The zero-order valence-electron chi connectivity index (χ0n) is 14.1. The number of nitrogens with zero attached hydrogens (tertiary/aromatic N) is 4. The third-order valence-electron chi connectivity index (χ3n) is 4.25. The molecule has 1 aromatic carbocycles. The van der Waals surface area contributed by atoms with Crippen molar-refractivity contribution in [3.63, 3.8) is 0 Å². The standard InChI is InChI=1S/C17H19N5O3/c1-10(2)15-20-21-16(25-15)14-8-22(5-6-24-14)17(23)11-3-4-12-13(7-11)19-9-18-12/h3-4,7,9-10,14H,5-6,8H2,1-2H3,(H,18,19). The van der Waals surface area contributed by atoms with Gasteiger partial charge in [0.2, 0.25) is 11.8 Å². The first-order chi connectivity index (χ1) is 12.1. The highest BCUT2D eigenvalue weighted by Crippen LogP contribution is 2.24. The third kappa shape index (κ3) is 3.00. The van der Waals surface area contributed by atoms with E-state index in [-0.39, 0.29) is 11.8 Å². The molecule has 1 saturated heterocycles. The van der Waals surface area contributed by atoms with Gasteiger partial charge in [-0.15, -0.1) is 10.2 Å². The second-order valence-electron chi connectivity index (χ2n) is 6.38. The van der Waals surface area contributed by atoms with Gasteiger partial charge in [-0.05, 0) is 18.2 Å². The summed E-state index contributed by atoms with van der Waals surface area (Å²) < 4.78 is 11.4. The van der Waals surface area contributed by atoms with Gasteiger partial charge in [0, 0.05) is 18.0 Å². The molecule has 130 valence electrons. The first-order valence-corrected chi connectivity index (χ1v) is 8.29. The van der Waals surface area contributed by atoms with Crippen molar-refractivity contribution in [2.45, 2.75) is 25.9 Å². The number of carbonyl (C=O) groups excluding carboxylic acids is 1. The Hall–Kier alpha value is -2.74. The maximum absolute atomic E-state index is 12.8. The van der Waals surface area contributed by atoms with Gasteiger partial charge in [0.25, 0.3) is 5.91 Å². The van der Waals surface area contributed by atoms with Gasteiger partial charge in [-0.2, -0.15) is 0 Å². The Kier molecular flexibility index (Phi) is 3.96. The van der Waals surface area contributed by atoms with Gasteiger partial charge in [-0.25, -0.2) is 4.98 Å². The fourth-order valence-corrected chi connectivity index (χ4v) is 2.84. The molecular weight excluding hydrogens is 322 g/mol. The molecule has 1 amide bonds. The molecule has 1 fully saturated rings. The Balaban J connectivity index is 1.52. The van der Waals surface area contributed by atoms with Crippen LogP contribution >= 0.6 is 0 Å². The molecule has 1 atom stereocenters. The lowest BCUT2D eigenvalue weighted by Crippen LogP contribution is -2.42. The van der Waals surface area contributed by atoms with Crippen molar-refractivity contribution in [2.75, 3.05) is 19.7 Å². The van der Waals surface area contributed by atoms with Crippen LogP contribution in [-0.4, -0.2) is 50.7 Å². The maximum atomic E-state index is 12.8. The van der Waals surface area contributed by atoms with E-state index in [0.29, 0.717) is 37.0 Å². The first-order valence-electron chi connectivity index (χ1n) is 8.29. The third-order valence-corrected chi connectivity index (χ3v) is 4.25. The maximum Gasteiger partial charge on any atom is 0.254 e. The van der Waals surface area contributed by atoms with Crippen molar-refractivity contribution in [3.05, 3.63) is 41.9 Å². The predicted octanol–water partition coefficient (Wildman–Crippen LogP) is 2.28. The van der Waals surface area contributed by atoms with Gasteiger partial charge in [0.15, 0.2) is 6.10 Å². The van der Waals surface area contributed by atoms with Crippen molar-refractivity contribution in [3.8, 4) is 0 Å². The van der Waals surface area contributed by atoms with Crippen LogP contribution in [0.25, 0.3) is 11.0 Å². The molecule has 1 aliphatic heterocycles. The van der Waals surface area contributed by atoms with Crippen LogP contribution in [0.4, 0.5) is 0 Å². The number of imidazole rings is 1. The van der Waals surface area contributed by atoms with Gasteiger partial charge >= 0.3 is 0 Å². The number of H-pyrrole nitrogens is 1. The molecule has 8 nitrogen and oxygen atoms in total. The second-order valence-corrected chi connectivity index (χ2v) is 6.38. The molecule has 3 aromatic rings. The molecule has 0 saturated carbocycles. The average molecular weight is 341 g/mol. The summed E-state index contributed by atoms with van der Waals surface area (Å²) in [6.45, 7) is 5.32. The van der Waals surface area contributed by atoms with Crippen molar-refractivity contribution >= 4 is 16.9 Å². The number of nitrogens with one attached hydrogen (secondary N) is 1. The number of rotatable bonds is 3. The van der Waals surface area contributed by atoms with Gasteiger partial charge in [-0.3, -0.25) is 4.79 Å². The van der Waals surface area contributed by atoms with Crippen LogP contribution in [0.5, 0.6) is 0 Å². The zero-order chi connectivity index (χ0) is 17.4. The Morgan fingerprint density at radius 1 is 1.36 bits per heavy atom. The molecule has 0 spiro atoms. The van der Waals surface area contributed by atoms with Crippen LogP contribution in [-0.2, 0) is 4.74 Å². The van der Waals surface area contributed by atoms with Crippen molar-refractivity contribution in [1.82, 2.24) is 25.1 Å². The summed E-state index contributed by atoms with van der Waals surface area (Å²) in [5.74, 6) is 1.11. The minimum absolute atomic E-state index is 0.0478.